The van der Waals surface area contributed by atoms with E-state index in [1.807, 2.05) is 31.2 Å². The molecule has 0 saturated carbocycles. The third-order valence-electron chi connectivity index (χ3n) is 1.32. The Kier molecular flexibility index (Phi) is 2.28. The third kappa shape index (κ3) is 1.71. The van der Waals surface area contributed by atoms with Crippen molar-refractivity contribution >= 4 is 24.6 Å². The van der Waals surface area contributed by atoms with Gasteiger partial charge in [0.25, 0.3) is 0 Å². The zero-order chi connectivity index (χ0) is 7.56. The molecule has 0 aliphatic heterocycles. The maximum atomic E-state index is 5.75. The van der Waals surface area contributed by atoms with E-state index in [-0.39, 0.29) is 0 Å². The molecule has 0 unspecified atom stereocenters. The molecular weight excluding hydrogens is 142 g/mol. The minimum absolute atomic E-state index is 0.764. The topological polar surface area (TPSA) is 0 Å². The Bertz CT molecular complexity index is 255. The van der Waals surface area contributed by atoms with Crippen LogP contribution in [0.15, 0.2) is 24.3 Å². The van der Waals surface area contributed by atoms with Gasteiger partial charge in [0.1, 0.15) is 0 Å². The molecule has 0 fully saturated rings. The Morgan fingerprint density at radius 2 is 2.20 bits per heavy atom. The van der Waals surface area contributed by atoms with Gasteiger partial charge in [0.2, 0.25) is 0 Å². The van der Waals surface area contributed by atoms with E-state index in [1.165, 1.54) is 0 Å². The van der Waals surface area contributed by atoms with Crippen LogP contribution in [0, 0.1) is 0 Å². The van der Waals surface area contributed by atoms with Gasteiger partial charge in [0.05, 0.1) is 0 Å². The maximum absolute atomic E-state index is 5.75. The van der Waals surface area contributed by atoms with Gasteiger partial charge in [-0.15, -0.1) is 0 Å². The number of benzene rings is 1. The Hall–Kier alpha value is -0.555. The summed E-state index contributed by atoms with van der Waals surface area (Å²) in [6.07, 6.45) is 0. The quantitative estimate of drug-likeness (QED) is 0.536. The van der Waals surface area contributed by atoms with Crippen molar-refractivity contribution < 1.29 is 0 Å². The van der Waals surface area contributed by atoms with Crippen LogP contribution in [0.3, 0.4) is 0 Å². The fourth-order valence-corrected chi connectivity index (χ4v) is 0.944. The molecule has 2 heteroatoms. The molecule has 0 N–H and O–H groups in total. The van der Waals surface area contributed by atoms with Crippen LogP contribution in [0.5, 0.6) is 0 Å². The van der Waals surface area contributed by atoms with Crippen LogP contribution < -0.4 is 0 Å². The summed E-state index contributed by atoms with van der Waals surface area (Å²) in [5, 5.41) is 0.764. The molecule has 0 aliphatic rings. The molecule has 0 bridgehead atoms. The summed E-state index contributed by atoms with van der Waals surface area (Å²) in [7, 11) is 3.81. The molecule has 0 atom stereocenters. The Balaban J connectivity index is 3.07. The van der Waals surface area contributed by atoms with Crippen molar-refractivity contribution in [2.75, 3.05) is 0 Å². The van der Waals surface area contributed by atoms with Crippen molar-refractivity contribution in [3.63, 3.8) is 0 Å². The average molecular weight is 150 g/mol. The molecule has 0 saturated heterocycles. The number of halogens is 1. The molecule has 50 valence electrons. The summed E-state index contributed by atoms with van der Waals surface area (Å²) in [4.78, 5) is 0. The van der Waals surface area contributed by atoms with Gasteiger partial charge < -0.3 is 0 Å². The predicted octanol–water partition coefficient (Wildman–Crippen LogP) is 1.78. The Morgan fingerprint density at radius 1 is 1.50 bits per heavy atom. The standard InChI is InChI=1S/C8H8BCl/c1-6(9)7-3-2-4-8(10)5-7/h2-5,9H,1H3. The van der Waals surface area contributed by atoms with Gasteiger partial charge in [-0.3, -0.25) is 0 Å². The summed E-state index contributed by atoms with van der Waals surface area (Å²) in [6.45, 7) is 1.96. The van der Waals surface area contributed by atoms with Crippen molar-refractivity contribution in [2.24, 2.45) is 0 Å². The molecular formula is C8H8BCl. The van der Waals surface area contributed by atoms with Gasteiger partial charge >= 0.3 is 66.3 Å². The fourth-order valence-electron chi connectivity index (χ4n) is 0.754. The van der Waals surface area contributed by atoms with Gasteiger partial charge in [-0.05, 0) is 0 Å². The van der Waals surface area contributed by atoms with Crippen LogP contribution in [0.25, 0.3) is 0 Å². The van der Waals surface area contributed by atoms with Crippen LogP contribution in [-0.2, 0) is 0 Å². The average Bonchev–Trinajstić information content (AvgIpc) is 1.88. The number of hydrogen-bond donors (Lipinski definition) is 0. The minimum atomic E-state index is 0.764. The van der Waals surface area contributed by atoms with E-state index in [2.05, 4.69) is 7.49 Å². The molecule has 0 aromatic heterocycles. The molecule has 1 aromatic carbocycles. The van der Waals surface area contributed by atoms with Crippen molar-refractivity contribution in [3.05, 3.63) is 34.9 Å². The number of rotatable bonds is 1. The predicted molar refractivity (Wildman–Crippen MR) is 48.4 cm³/mol. The van der Waals surface area contributed by atoms with Crippen LogP contribution in [0.2, 0.25) is 5.02 Å². The molecule has 0 spiro atoms. The van der Waals surface area contributed by atoms with Crippen LogP contribution in [-0.4, -0.2) is 13.0 Å². The van der Waals surface area contributed by atoms with Gasteiger partial charge in [0.15, 0.2) is 0 Å². The monoisotopic (exact) mass is 150 g/mol. The summed E-state index contributed by atoms with van der Waals surface area (Å²) in [5.74, 6) is 0. The van der Waals surface area contributed by atoms with Crippen LogP contribution in [0.1, 0.15) is 12.5 Å². The first-order valence-corrected chi connectivity index (χ1v) is 3.49. The first kappa shape index (κ1) is 7.55. The first-order chi connectivity index (χ1) is 4.70. The second kappa shape index (κ2) is 3.02. The van der Waals surface area contributed by atoms with Crippen molar-refractivity contribution in [3.8, 4) is 0 Å². The summed E-state index contributed by atoms with van der Waals surface area (Å²) in [5.41, 5.74) is 2.15. The van der Waals surface area contributed by atoms with E-state index >= 15 is 0 Å². The summed E-state index contributed by atoms with van der Waals surface area (Å²) in [6, 6.07) is 7.68. The van der Waals surface area contributed by atoms with E-state index in [0.717, 1.165) is 16.0 Å². The van der Waals surface area contributed by atoms with Crippen molar-refractivity contribution in [2.45, 2.75) is 6.92 Å². The zero-order valence-corrected chi connectivity index (χ0v) is 6.65. The van der Waals surface area contributed by atoms with E-state index in [4.69, 9.17) is 11.6 Å². The van der Waals surface area contributed by atoms with Crippen molar-refractivity contribution in [1.29, 1.82) is 0 Å². The molecule has 0 radical (unpaired) electrons. The van der Waals surface area contributed by atoms with Gasteiger partial charge in [-0.1, -0.05) is 0 Å². The summed E-state index contributed by atoms with van der Waals surface area (Å²) < 4.78 is 0. The Morgan fingerprint density at radius 3 is 2.60 bits per heavy atom. The van der Waals surface area contributed by atoms with Gasteiger partial charge in [-0.25, -0.2) is 0 Å². The van der Waals surface area contributed by atoms with E-state index in [9.17, 15) is 0 Å². The van der Waals surface area contributed by atoms with E-state index in [0.29, 0.717) is 0 Å². The molecule has 1 aromatic rings. The fraction of sp³-hybridized carbons (Fsp3) is 0.125. The van der Waals surface area contributed by atoms with Crippen molar-refractivity contribution in [1.82, 2.24) is 0 Å². The van der Waals surface area contributed by atoms with Crippen LogP contribution in [0.4, 0.5) is 0 Å². The second-order valence-corrected chi connectivity index (χ2v) is 2.73. The number of hydrogen-bond acceptors (Lipinski definition) is 0. The SMILES string of the molecule is B=C(C)c1cccc(Cl)c1. The third-order valence-corrected chi connectivity index (χ3v) is 1.55. The molecule has 0 nitrogen and oxygen atoms in total. The van der Waals surface area contributed by atoms with E-state index in [1.54, 1.807) is 0 Å². The second-order valence-electron chi connectivity index (χ2n) is 2.29. The van der Waals surface area contributed by atoms with E-state index < -0.39 is 0 Å². The molecule has 10 heavy (non-hydrogen) atoms. The first-order valence-electron chi connectivity index (χ1n) is 3.11. The molecule has 0 amide bonds. The molecule has 0 aliphatic carbocycles. The van der Waals surface area contributed by atoms with Gasteiger partial charge in [0, 0.05) is 0 Å². The zero-order valence-electron chi connectivity index (χ0n) is 5.89. The molecule has 1 rings (SSSR count). The Labute approximate surface area is 66.9 Å². The molecule has 0 heterocycles. The van der Waals surface area contributed by atoms with Gasteiger partial charge in [-0.2, -0.15) is 0 Å². The van der Waals surface area contributed by atoms with Crippen LogP contribution >= 0.6 is 11.6 Å². The summed E-state index contributed by atoms with van der Waals surface area (Å²) >= 11 is 5.75. The normalized spacial score (nSPS) is 9.30.